The van der Waals surface area contributed by atoms with Crippen molar-refractivity contribution >= 4 is 11.6 Å². The molecule has 0 spiro atoms. The van der Waals surface area contributed by atoms with Crippen molar-refractivity contribution in [2.45, 2.75) is 46.5 Å². The molecule has 2 aromatic heterocycles. The second kappa shape index (κ2) is 5.63. The second-order valence-electron chi connectivity index (χ2n) is 6.07. The van der Waals surface area contributed by atoms with Crippen molar-refractivity contribution in [2.75, 3.05) is 5.32 Å². The summed E-state index contributed by atoms with van der Waals surface area (Å²) in [4.78, 5) is 20.6. The molecule has 112 valence electrons. The Morgan fingerprint density at radius 3 is 2.33 bits per heavy atom. The standard InChI is InChI=1S/C15H20N4O2/c1-9-12(10(2)21-19-9)6-13(20)18-11-7-16-14(17-8-11)15(3,4)5/h7-8H,6H2,1-5H3,(H,18,20). The third-order valence-corrected chi connectivity index (χ3v) is 3.12. The van der Waals surface area contributed by atoms with Crippen molar-refractivity contribution in [1.82, 2.24) is 15.1 Å². The lowest BCUT2D eigenvalue weighted by molar-refractivity contribution is -0.115. The molecule has 0 aliphatic rings. The van der Waals surface area contributed by atoms with Crippen LogP contribution in [0.25, 0.3) is 0 Å². The highest BCUT2D eigenvalue weighted by Crippen LogP contribution is 2.18. The Hall–Kier alpha value is -2.24. The molecule has 6 nitrogen and oxygen atoms in total. The average Bonchev–Trinajstić information content (AvgIpc) is 2.70. The molecule has 1 amide bonds. The molecule has 0 saturated carbocycles. The summed E-state index contributed by atoms with van der Waals surface area (Å²) in [6.07, 6.45) is 3.47. The Kier molecular flexibility index (Phi) is 4.06. The van der Waals surface area contributed by atoms with Gasteiger partial charge in [-0.05, 0) is 13.8 Å². The van der Waals surface area contributed by atoms with Crippen LogP contribution in [0, 0.1) is 13.8 Å². The van der Waals surface area contributed by atoms with E-state index in [1.54, 1.807) is 19.3 Å². The van der Waals surface area contributed by atoms with Crippen LogP contribution in [0.2, 0.25) is 0 Å². The van der Waals surface area contributed by atoms with Crippen LogP contribution in [0.5, 0.6) is 0 Å². The highest BCUT2D eigenvalue weighted by molar-refractivity contribution is 5.92. The van der Waals surface area contributed by atoms with Crippen molar-refractivity contribution < 1.29 is 9.32 Å². The fraction of sp³-hybridized carbons (Fsp3) is 0.467. The first-order valence-corrected chi connectivity index (χ1v) is 6.81. The molecule has 0 fully saturated rings. The lowest BCUT2D eigenvalue weighted by atomic mass is 9.96. The summed E-state index contributed by atoms with van der Waals surface area (Å²) in [6, 6.07) is 0. The molecular formula is C15H20N4O2. The lowest BCUT2D eigenvalue weighted by Gasteiger charge is -2.16. The molecule has 0 saturated heterocycles. The summed E-state index contributed by atoms with van der Waals surface area (Å²) in [7, 11) is 0. The van der Waals surface area contributed by atoms with Crippen LogP contribution in [-0.4, -0.2) is 21.0 Å². The van der Waals surface area contributed by atoms with Gasteiger partial charge in [-0.15, -0.1) is 0 Å². The Morgan fingerprint density at radius 2 is 1.86 bits per heavy atom. The summed E-state index contributed by atoms with van der Waals surface area (Å²) >= 11 is 0. The van der Waals surface area contributed by atoms with Gasteiger partial charge in [-0.2, -0.15) is 0 Å². The monoisotopic (exact) mass is 288 g/mol. The number of rotatable bonds is 3. The number of carbonyl (C=O) groups is 1. The van der Waals surface area contributed by atoms with E-state index < -0.39 is 0 Å². The van der Waals surface area contributed by atoms with E-state index >= 15 is 0 Å². The fourth-order valence-corrected chi connectivity index (χ4v) is 1.90. The van der Waals surface area contributed by atoms with Gasteiger partial charge in [0.2, 0.25) is 5.91 Å². The zero-order valence-corrected chi connectivity index (χ0v) is 13.0. The van der Waals surface area contributed by atoms with E-state index in [4.69, 9.17) is 4.52 Å². The molecule has 0 bridgehead atoms. The summed E-state index contributed by atoms with van der Waals surface area (Å²) in [5, 5.41) is 6.62. The van der Waals surface area contributed by atoms with Crippen LogP contribution in [-0.2, 0) is 16.6 Å². The number of amides is 1. The second-order valence-corrected chi connectivity index (χ2v) is 6.07. The number of nitrogens with one attached hydrogen (secondary N) is 1. The van der Waals surface area contributed by atoms with E-state index in [0.29, 0.717) is 11.4 Å². The number of hydrogen-bond donors (Lipinski definition) is 1. The molecule has 2 rings (SSSR count). The summed E-state index contributed by atoms with van der Waals surface area (Å²) in [5.74, 6) is 1.27. The molecule has 0 unspecified atom stereocenters. The predicted octanol–water partition coefficient (Wildman–Crippen LogP) is 2.56. The molecule has 0 aliphatic heterocycles. The van der Waals surface area contributed by atoms with Crippen molar-refractivity contribution in [2.24, 2.45) is 0 Å². The zero-order valence-electron chi connectivity index (χ0n) is 13.0. The number of nitrogens with zero attached hydrogens (tertiary/aromatic N) is 3. The minimum Gasteiger partial charge on any atom is -0.361 e. The maximum absolute atomic E-state index is 12.0. The van der Waals surface area contributed by atoms with Gasteiger partial charge in [0.05, 0.1) is 30.2 Å². The molecule has 1 N–H and O–H groups in total. The Morgan fingerprint density at radius 1 is 1.24 bits per heavy atom. The van der Waals surface area contributed by atoms with E-state index in [2.05, 4.69) is 20.4 Å². The summed E-state index contributed by atoms with van der Waals surface area (Å²) in [5.41, 5.74) is 2.03. The first kappa shape index (κ1) is 15.2. The number of aromatic nitrogens is 3. The minimum absolute atomic E-state index is 0.112. The lowest BCUT2D eigenvalue weighted by Crippen LogP contribution is -2.18. The van der Waals surface area contributed by atoms with Gasteiger partial charge in [0, 0.05) is 11.0 Å². The number of anilines is 1. The van der Waals surface area contributed by atoms with Gasteiger partial charge < -0.3 is 9.84 Å². The van der Waals surface area contributed by atoms with Crippen LogP contribution in [0.3, 0.4) is 0 Å². The van der Waals surface area contributed by atoms with Crippen LogP contribution < -0.4 is 5.32 Å². The fourth-order valence-electron chi connectivity index (χ4n) is 1.90. The SMILES string of the molecule is Cc1noc(C)c1CC(=O)Nc1cnc(C(C)(C)C)nc1. The van der Waals surface area contributed by atoms with Gasteiger partial charge in [-0.25, -0.2) is 9.97 Å². The Labute approximate surface area is 124 Å². The van der Waals surface area contributed by atoms with Gasteiger partial charge in [-0.1, -0.05) is 25.9 Å². The van der Waals surface area contributed by atoms with Gasteiger partial charge >= 0.3 is 0 Å². The third-order valence-electron chi connectivity index (χ3n) is 3.12. The Balaban J connectivity index is 2.03. The largest absolute Gasteiger partial charge is 0.361 e. The van der Waals surface area contributed by atoms with Crippen molar-refractivity contribution in [1.29, 1.82) is 0 Å². The molecule has 0 aliphatic carbocycles. The van der Waals surface area contributed by atoms with Crippen molar-refractivity contribution in [3.05, 3.63) is 35.2 Å². The number of aryl methyl sites for hydroxylation is 2. The normalized spacial score (nSPS) is 11.5. The van der Waals surface area contributed by atoms with Gasteiger partial charge in [0.15, 0.2) is 0 Å². The smallest absolute Gasteiger partial charge is 0.229 e. The van der Waals surface area contributed by atoms with E-state index in [1.807, 2.05) is 27.7 Å². The Bertz CT molecular complexity index is 619. The number of carbonyl (C=O) groups excluding carboxylic acids is 1. The van der Waals surface area contributed by atoms with E-state index in [-0.39, 0.29) is 17.7 Å². The van der Waals surface area contributed by atoms with Crippen LogP contribution in [0.15, 0.2) is 16.9 Å². The summed E-state index contributed by atoms with van der Waals surface area (Å²) < 4.78 is 5.04. The van der Waals surface area contributed by atoms with Crippen LogP contribution >= 0.6 is 0 Å². The maximum atomic E-state index is 12.0. The molecule has 2 aromatic rings. The van der Waals surface area contributed by atoms with Crippen molar-refractivity contribution in [3.8, 4) is 0 Å². The predicted molar refractivity (Wildman–Crippen MR) is 79.0 cm³/mol. The van der Waals surface area contributed by atoms with E-state index in [9.17, 15) is 4.79 Å². The molecule has 21 heavy (non-hydrogen) atoms. The van der Waals surface area contributed by atoms with Crippen LogP contribution in [0.1, 0.15) is 43.6 Å². The molecule has 0 aromatic carbocycles. The molecule has 2 heterocycles. The molecule has 0 atom stereocenters. The maximum Gasteiger partial charge on any atom is 0.229 e. The van der Waals surface area contributed by atoms with Gasteiger partial charge in [0.25, 0.3) is 0 Å². The van der Waals surface area contributed by atoms with Gasteiger partial charge in [-0.3, -0.25) is 4.79 Å². The molecular weight excluding hydrogens is 268 g/mol. The summed E-state index contributed by atoms with van der Waals surface area (Å²) in [6.45, 7) is 9.73. The minimum atomic E-state index is -0.142. The first-order valence-electron chi connectivity index (χ1n) is 6.81. The first-order chi connectivity index (χ1) is 9.77. The number of hydrogen-bond acceptors (Lipinski definition) is 5. The van der Waals surface area contributed by atoms with E-state index in [1.165, 1.54) is 0 Å². The average molecular weight is 288 g/mol. The molecule has 0 radical (unpaired) electrons. The molecule has 6 heteroatoms. The van der Waals surface area contributed by atoms with Gasteiger partial charge in [0.1, 0.15) is 11.6 Å². The van der Waals surface area contributed by atoms with Crippen LogP contribution in [0.4, 0.5) is 5.69 Å². The topological polar surface area (TPSA) is 80.9 Å². The third kappa shape index (κ3) is 3.65. The zero-order chi connectivity index (χ0) is 15.6. The van der Waals surface area contributed by atoms with E-state index in [0.717, 1.165) is 17.1 Å². The van der Waals surface area contributed by atoms with Crippen molar-refractivity contribution in [3.63, 3.8) is 0 Å². The highest BCUT2D eigenvalue weighted by Gasteiger charge is 2.17. The quantitative estimate of drug-likeness (QED) is 0.938. The highest BCUT2D eigenvalue weighted by atomic mass is 16.5.